The first-order valence-electron chi connectivity index (χ1n) is 9.09. The number of hydrogen-bond donors (Lipinski definition) is 1. The molecule has 1 saturated heterocycles. The third kappa shape index (κ3) is 5.80. The molecule has 1 N–H and O–H groups in total. The number of aliphatic carboxylic acids is 1. The number of carboxylic acids is 1. The molecule has 2 amide bonds. The van der Waals surface area contributed by atoms with Gasteiger partial charge in [-0.05, 0) is 76.7 Å². The molecule has 31 heavy (non-hydrogen) atoms. The maximum absolute atomic E-state index is 12.9. The predicted molar refractivity (Wildman–Crippen MR) is 129 cm³/mol. The van der Waals surface area contributed by atoms with Crippen molar-refractivity contribution in [2.75, 3.05) is 13.2 Å². The SMILES string of the molecule is CCOc1cc(/C=C2\SC(=O)N(Cc3ccccc3Br)C2=O)cc(I)c1OCC(=O)O. The highest BCUT2D eigenvalue weighted by Gasteiger charge is 2.35. The molecule has 0 spiro atoms. The highest BCUT2D eigenvalue weighted by Crippen LogP contribution is 2.38. The molecule has 162 valence electrons. The average Bonchev–Trinajstić information content (AvgIpc) is 2.96. The highest BCUT2D eigenvalue weighted by atomic mass is 127. The lowest BCUT2D eigenvalue weighted by molar-refractivity contribution is -0.139. The molecular formula is C21H17BrINO6S. The molecule has 2 aromatic rings. The first kappa shape index (κ1) is 23.6. The zero-order chi connectivity index (χ0) is 22.5. The molecule has 3 rings (SSSR count). The molecule has 10 heteroatoms. The summed E-state index contributed by atoms with van der Waals surface area (Å²) in [6.07, 6.45) is 1.62. The Hall–Kier alpha value is -2.05. The van der Waals surface area contributed by atoms with Crippen molar-refractivity contribution in [1.82, 2.24) is 4.90 Å². The minimum atomic E-state index is -1.10. The van der Waals surface area contributed by atoms with Crippen molar-refractivity contribution in [1.29, 1.82) is 0 Å². The van der Waals surface area contributed by atoms with Gasteiger partial charge in [-0.1, -0.05) is 34.1 Å². The number of carbonyl (C=O) groups excluding carboxylic acids is 2. The molecule has 0 atom stereocenters. The summed E-state index contributed by atoms with van der Waals surface area (Å²) in [5.41, 5.74) is 1.47. The van der Waals surface area contributed by atoms with Crippen LogP contribution in [0.5, 0.6) is 11.5 Å². The van der Waals surface area contributed by atoms with Crippen molar-refractivity contribution >= 4 is 73.5 Å². The molecule has 1 aliphatic rings. The maximum Gasteiger partial charge on any atom is 0.341 e. The fourth-order valence-electron chi connectivity index (χ4n) is 2.79. The van der Waals surface area contributed by atoms with Crippen molar-refractivity contribution in [3.05, 3.63) is 60.5 Å². The number of benzene rings is 2. The lowest BCUT2D eigenvalue weighted by atomic mass is 10.1. The van der Waals surface area contributed by atoms with Gasteiger partial charge in [-0.2, -0.15) is 0 Å². The minimum absolute atomic E-state index is 0.174. The average molecular weight is 618 g/mol. The molecule has 2 aromatic carbocycles. The number of carboxylic acid groups (broad SMARTS) is 1. The van der Waals surface area contributed by atoms with Crippen LogP contribution in [0.3, 0.4) is 0 Å². The second-order valence-electron chi connectivity index (χ2n) is 6.30. The topological polar surface area (TPSA) is 93.1 Å². The number of nitrogens with zero attached hydrogens (tertiary/aromatic N) is 1. The van der Waals surface area contributed by atoms with Crippen LogP contribution in [0.4, 0.5) is 4.79 Å². The summed E-state index contributed by atoms with van der Waals surface area (Å²) in [6.45, 7) is 1.83. The van der Waals surface area contributed by atoms with E-state index in [9.17, 15) is 14.4 Å². The van der Waals surface area contributed by atoms with E-state index in [4.69, 9.17) is 14.6 Å². The number of rotatable bonds is 8. The molecule has 1 fully saturated rings. The van der Waals surface area contributed by atoms with E-state index in [0.29, 0.717) is 32.1 Å². The lowest BCUT2D eigenvalue weighted by Gasteiger charge is -2.14. The van der Waals surface area contributed by atoms with Gasteiger partial charge in [0.15, 0.2) is 18.1 Å². The van der Waals surface area contributed by atoms with Gasteiger partial charge in [-0.15, -0.1) is 0 Å². The summed E-state index contributed by atoms with van der Waals surface area (Å²) in [4.78, 5) is 37.7. The van der Waals surface area contributed by atoms with Crippen LogP contribution in [0.2, 0.25) is 0 Å². The molecule has 0 saturated carbocycles. The van der Waals surface area contributed by atoms with Crippen LogP contribution < -0.4 is 9.47 Å². The number of imide groups is 1. The van der Waals surface area contributed by atoms with E-state index in [0.717, 1.165) is 21.8 Å². The van der Waals surface area contributed by atoms with E-state index < -0.39 is 12.6 Å². The Labute approximate surface area is 205 Å². The molecule has 0 aliphatic carbocycles. The van der Waals surface area contributed by atoms with Crippen molar-refractivity contribution in [3.63, 3.8) is 0 Å². The lowest BCUT2D eigenvalue weighted by Crippen LogP contribution is -2.27. The smallest absolute Gasteiger partial charge is 0.341 e. The largest absolute Gasteiger partial charge is 0.490 e. The molecule has 7 nitrogen and oxygen atoms in total. The van der Waals surface area contributed by atoms with Crippen LogP contribution in [-0.4, -0.2) is 40.3 Å². The van der Waals surface area contributed by atoms with Crippen molar-refractivity contribution in [2.24, 2.45) is 0 Å². The number of hydrogen-bond acceptors (Lipinski definition) is 6. The van der Waals surface area contributed by atoms with Crippen LogP contribution >= 0.6 is 50.3 Å². The summed E-state index contributed by atoms with van der Waals surface area (Å²) in [5, 5.41) is 8.54. The summed E-state index contributed by atoms with van der Waals surface area (Å²) >= 11 is 6.33. The van der Waals surface area contributed by atoms with Gasteiger partial charge in [-0.3, -0.25) is 14.5 Å². The summed E-state index contributed by atoms with van der Waals surface area (Å²) in [7, 11) is 0. The van der Waals surface area contributed by atoms with Crippen molar-refractivity contribution in [2.45, 2.75) is 13.5 Å². The Kier molecular flexibility index (Phi) is 8.00. The van der Waals surface area contributed by atoms with Gasteiger partial charge in [0, 0.05) is 4.47 Å². The fourth-order valence-corrected chi connectivity index (χ4v) is 4.82. The predicted octanol–water partition coefficient (Wildman–Crippen LogP) is 5.15. The molecule has 0 aromatic heterocycles. The van der Waals surface area contributed by atoms with Crippen LogP contribution in [0.1, 0.15) is 18.1 Å². The number of carbonyl (C=O) groups is 3. The van der Waals surface area contributed by atoms with Crippen LogP contribution in [0, 0.1) is 3.57 Å². The van der Waals surface area contributed by atoms with Crippen LogP contribution in [0.25, 0.3) is 6.08 Å². The normalized spacial score (nSPS) is 14.9. The summed E-state index contributed by atoms with van der Waals surface area (Å²) in [5.74, 6) is -0.774. The Morgan fingerprint density at radius 1 is 1.26 bits per heavy atom. The first-order chi connectivity index (χ1) is 14.8. The Balaban J connectivity index is 1.87. The first-order valence-corrected chi connectivity index (χ1v) is 11.8. The molecular weight excluding hydrogens is 601 g/mol. The second-order valence-corrected chi connectivity index (χ2v) is 9.31. The molecule has 0 bridgehead atoms. The maximum atomic E-state index is 12.9. The second kappa shape index (κ2) is 10.5. The minimum Gasteiger partial charge on any atom is -0.490 e. The molecule has 1 heterocycles. The van der Waals surface area contributed by atoms with Gasteiger partial charge in [0.25, 0.3) is 11.1 Å². The highest BCUT2D eigenvalue weighted by molar-refractivity contribution is 14.1. The quantitative estimate of drug-likeness (QED) is 0.323. The zero-order valence-corrected chi connectivity index (χ0v) is 20.8. The van der Waals surface area contributed by atoms with E-state index in [1.807, 2.05) is 46.9 Å². The van der Waals surface area contributed by atoms with Crippen LogP contribution in [0.15, 0.2) is 45.8 Å². The number of thioether (sulfide) groups is 1. The van der Waals surface area contributed by atoms with Gasteiger partial charge in [-0.25, -0.2) is 4.79 Å². The number of halogens is 2. The zero-order valence-electron chi connectivity index (χ0n) is 16.3. The fraction of sp³-hybridized carbons (Fsp3) is 0.190. The Morgan fingerprint density at radius 3 is 2.68 bits per heavy atom. The Bertz CT molecular complexity index is 1070. The van der Waals surface area contributed by atoms with Gasteiger partial charge in [0.1, 0.15) is 0 Å². The molecule has 0 radical (unpaired) electrons. The van der Waals surface area contributed by atoms with Gasteiger partial charge in [0.2, 0.25) is 0 Å². The monoisotopic (exact) mass is 617 g/mol. The van der Waals surface area contributed by atoms with E-state index in [1.165, 1.54) is 4.90 Å². The summed E-state index contributed by atoms with van der Waals surface area (Å²) in [6, 6.07) is 10.8. The van der Waals surface area contributed by atoms with Gasteiger partial charge < -0.3 is 14.6 Å². The number of amides is 2. The van der Waals surface area contributed by atoms with E-state index in [2.05, 4.69) is 15.9 Å². The molecule has 1 aliphatic heterocycles. The number of ether oxygens (including phenoxy) is 2. The Morgan fingerprint density at radius 2 is 2.00 bits per heavy atom. The summed E-state index contributed by atoms with van der Waals surface area (Å²) < 4.78 is 12.4. The van der Waals surface area contributed by atoms with E-state index in [-0.39, 0.29) is 17.7 Å². The van der Waals surface area contributed by atoms with E-state index in [1.54, 1.807) is 25.1 Å². The standard InChI is InChI=1S/C21H17BrINO6S/c1-2-29-16-8-12(7-15(23)19(16)30-11-18(25)26)9-17-20(27)24(21(28)31-17)10-13-5-3-4-6-14(13)22/h3-9H,2,10-11H2,1H3,(H,25,26)/b17-9-. The van der Waals surface area contributed by atoms with E-state index >= 15 is 0 Å². The van der Waals surface area contributed by atoms with Gasteiger partial charge >= 0.3 is 5.97 Å². The molecule has 0 unspecified atom stereocenters. The van der Waals surface area contributed by atoms with Crippen molar-refractivity contribution in [3.8, 4) is 11.5 Å². The third-order valence-corrected chi connectivity index (χ3v) is 6.61. The third-order valence-electron chi connectivity index (χ3n) is 4.13. The van der Waals surface area contributed by atoms with Gasteiger partial charge in [0.05, 0.1) is 21.6 Å². The van der Waals surface area contributed by atoms with Crippen LogP contribution in [-0.2, 0) is 16.1 Å². The van der Waals surface area contributed by atoms with Crippen molar-refractivity contribution < 1.29 is 29.0 Å².